The molecule has 1 aromatic rings. The maximum absolute atomic E-state index is 10.5. The molecule has 70 valence electrons. The minimum atomic E-state index is 0.493. The lowest BCUT2D eigenvalue weighted by Gasteiger charge is -2.22. The van der Waals surface area contributed by atoms with Crippen LogP contribution in [0.2, 0.25) is 0 Å². The number of hydrogen-bond acceptors (Lipinski definition) is 3. The third-order valence-corrected chi connectivity index (χ3v) is 3.54. The molecule has 0 saturated carbocycles. The zero-order valence-electron chi connectivity index (χ0n) is 7.45. The smallest absolute Gasteiger partial charge is 0.160 e. The van der Waals surface area contributed by atoms with Gasteiger partial charge < -0.3 is 5.32 Å². The summed E-state index contributed by atoms with van der Waals surface area (Å²) in [6, 6.07) is 4.47. The standard InChI is InChI=1S/C10H13NOS/c12-7-8-4-5-10(13-8)9-3-1-2-6-11-9/h4-5,7,9,11H,1-3,6H2. The van der Waals surface area contributed by atoms with Crippen LogP contribution in [0, 0.1) is 0 Å². The van der Waals surface area contributed by atoms with E-state index in [1.165, 1.54) is 24.1 Å². The second-order valence-electron chi connectivity index (χ2n) is 3.36. The first kappa shape index (κ1) is 8.91. The summed E-state index contributed by atoms with van der Waals surface area (Å²) in [7, 11) is 0. The largest absolute Gasteiger partial charge is 0.309 e. The van der Waals surface area contributed by atoms with Crippen molar-refractivity contribution < 1.29 is 4.79 Å². The number of nitrogens with one attached hydrogen (secondary N) is 1. The van der Waals surface area contributed by atoms with Crippen molar-refractivity contribution in [2.75, 3.05) is 6.54 Å². The van der Waals surface area contributed by atoms with Gasteiger partial charge >= 0.3 is 0 Å². The Bertz CT molecular complexity index is 289. The summed E-state index contributed by atoms with van der Waals surface area (Å²) in [4.78, 5) is 12.6. The number of rotatable bonds is 2. The average molecular weight is 195 g/mol. The first-order valence-electron chi connectivity index (χ1n) is 4.68. The van der Waals surface area contributed by atoms with E-state index in [2.05, 4.69) is 11.4 Å². The van der Waals surface area contributed by atoms with Crippen LogP contribution in [0.4, 0.5) is 0 Å². The van der Waals surface area contributed by atoms with Crippen LogP contribution >= 0.6 is 11.3 Å². The molecule has 2 heterocycles. The predicted molar refractivity (Wildman–Crippen MR) is 54.3 cm³/mol. The molecule has 0 aromatic carbocycles. The Morgan fingerprint density at radius 1 is 1.46 bits per heavy atom. The second-order valence-corrected chi connectivity index (χ2v) is 4.51. The number of carbonyl (C=O) groups excluding carboxylic acids is 1. The molecule has 1 N–H and O–H groups in total. The molecule has 0 aliphatic carbocycles. The number of piperidine rings is 1. The summed E-state index contributed by atoms with van der Waals surface area (Å²) >= 11 is 1.61. The molecule has 1 aromatic heterocycles. The first-order valence-corrected chi connectivity index (χ1v) is 5.50. The summed E-state index contributed by atoms with van der Waals surface area (Å²) in [6.45, 7) is 1.11. The van der Waals surface area contributed by atoms with Crippen LogP contribution in [0.15, 0.2) is 12.1 Å². The number of hydrogen-bond donors (Lipinski definition) is 1. The van der Waals surface area contributed by atoms with Gasteiger partial charge in [-0.25, -0.2) is 0 Å². The van der Waals surface area contributed by atoms with E-state index in [1.807, 2.05) is 6.07 Å². The van der Waals surface area contributed by atoms with Gasteiger partial charge in [-0.1, -0.05) is 6.42 Å². The SMILES string of the molecule is O=Cc1ccc(C2CCCCN2)s1. The molecule has 1 unspecified atom stereocenters. The van der Waals surface area contributed by atoms with Crippen LogP contribution in [0.3, 0.4) is 0 Å². The van der Waals surface area contributed by atoms with Crippen LogP contribution < -0.4 is 5.32 Å². The molecule has 2 nitrogen and oxygen atoms in total. The summed E-state index contributed by atoms with van der Waals surface area (Å²) in [5.41, 5.74) is 0. The van der Waals surface area contributed by atoms with E-state index in [-0.39, 0.29) is 0 Å². The Kier molecular flexibility index (Phi) is 2.76. The van der Waals surface area contributed by atoms with Crippen molar-refractivity contribution in [1.82, 2.24) is 5.32 Å². The maximum Gasteiger partial charge on any atom is 0.160 e. The highest BCUT2D eigenvalue weighted by Crippen LogP contribution is 2.28. The number of carbonyl (C=O) groups is 1. The fourth-order valence-corrected chi connectivity index (χ4v) is 2.65. The van der Waals surface area contributed by atoms with Gasteiger partial charge in [0, 0.05) is 10.9 Å². The molecule has 0 amide bonds. The molecule has 0 radical (unpaired) electrons. The Labute approximate surface area is 82.0 Å². The van der Waals surface area contributed by atoms with Gasteiger partial charge in [-0.15, -0.1) is 11.3 Å². The fraction of sp³-hybridized carbons (Fsp3) is 0.500. The summed E-state index contributed by atoms with van der Waals surface area (Å²) in [5, 5.41) is 3.47. The third kappa shape index (κ3) is 1.98. The summed E-state index contributed by atoms with van der Waals surface area (Å²) in [6.07, 6.45) is 4.71. The van der Waals surface area contributed by atoms with Gasteiger partial charge in [-0.05, 0) is 31.5 Å². The highest BCUT2D eigenvalue weighted by Gasteiger charge is 2.15. The Hall–Kier alpha value is -0.670. The van der Waals surface area contributed by atoms with Crippen molar-refractivity contribution in [3.63, 3.8) is 0 Å². The van der Waals surface area contributed by atoms with Crippen molar-refractivity contribution in [2.45, 2.75) is 25.3 Å². The lowest BCUT2D eigenvalue weighted by molar-refractivity contribution is 0.112. The van der Waals surface area contributed by atoms with Gasteiger partial charge in [-0.2, -0.15) is 0 Å². The monoisotopic (exact) mass is 195 g/mol. The predicted octanol–water partition coefficient (Wildman–Crippen LogP) is 2.38. The molecule has 1 fully saturated rings. The molecule has 3 heteroatoms. The van der Waals surface area contributed by atoms with Crippen molar-refractivity contribution in [1.29, 1.82) is 0 Å². The van der Waals surface area contributed by atoms with Gasteiger partial charge in [0.2, 0.25) is 0 Å². The fourth-order valence-electron chi connectivity index (χ4n) is 1.71. The van der Waals surface area contributed by atoms with Gasteiger partial charge in [-0.3, -0.25) is 4.79 Å². The molecule has 1 atom stereocenters. The molecule has 1 aliphatic rings. The molecule has 0 bridgehead atoms. The molecule has 13 heavy (non-hydrogen) atoms. The maximum atomic E-state index is 10.5. The Morgan fingerprint density at radius 3 is 3.00 bits per heavy atom. The van der Waals surface area contributed by atoms with Gasteiger partial charge in [0.25, 0.3) is 0 Å². The molecule has 0 spiro atoms. The zero-order chi connectivity index (χ0) is 9.10. The average Bonchev–Trinajstić information content (AvgIpc) is 2.67. The third-order valence-electron chi connectivity index (χ3n) is 2.42. The highest BCUT2D eigenvalue weighted by atomic mass is 32.1. The molecule has 2 rings (SSSR count). The van der Waals surface area contributed by atoms with E-state index in [1.54, 1.807) is 11.3 Å². The van der Waals surface area contributed by atoms with Crippen molar-refractivity contribution in [2.24, 2.45) is 0 Å². The lowest BCUT2D eigenvalue weighted by atomic mass is 10.0. The molecule has 1 aliphatic heterocycles. The van der Waals surface area contributed by atoms with Crippen molar-refractivity contribution >= 4 is 17.6 Å². The summed E-state index contributed by atoms with van der Waals surface area (Å²) in [5.74, 6) is 0. The van der Waals surface area contributed by atoms with Crippen LogP contribution in [0.5, 0.6) is 0 Å². The van der Waals surface area contributed by atoms with Crippen LogP contribution in [0.1, 0.15) is 39.9 Å². The van der Waals surface area contributed by atoms with E-state index < -0.39 is 0 Å². The molecule has 1 saturated heterocycles. The van der Waals surface area contributed by atoms with Crippen molar-refractivity contribution in [3.8, 4) is 0 Å². The second kappa shape index (κ2) is 4.03. The quantitative estimate of drug-likeness (QED) is 0.734. The number of thiophene rings is 1. The van der Waals surface area contributed by atoms with E-state index in [4.69, 9.17) is 0 Å². The van der Waals surface area contributed by atoms with Crippen molar-refractivity contribution in [3.05, 3.63) is 21.9 Å². The normalized spacial score (nSPS) is 22.9. The lowest BCUT2D eigenvalue weighted by Crippen LogP contribution is -2.25. The number of aldehydes is 1. The minimum absolute atomic E-state index is 0.493. The van der Waals surface area contributed by atoms with E-state index >= 15 is 0 Å². The Morgan fingerprint density at radius 2 is 2.38 bits per heavy atom. The zero-order valence-corrected chi connectivity index (χ0v) is 8.27. The highest BCUT2D eigenvalue weighted by molar-refractivity contribution is 7.13. The van der Waals surface area contributed by atoms with E-state index in [9.17, 15) is 4.79 Å². The summed E-state index contributed by atoms with van der Waals surface area (Å²) < 4.78 is 0. The van der Waals surface area contributed by atoms with Gasteiger partial charge in [0.15, 0.2) is 6.29 Å². The van der Waals surface area contributed by atoms with Crippen LogP contribution in [-0.2, 0) is 0 Å². The van der Waals surface area contributed by atoms with Gasteiger partial charge in [0.1, 0.15) is 0 Å². The minimum Gasteiger partial charge on any atom is -0.309 e. The first-order chi connectivity index (χ1) is 6.40. The van der Waals surface area contributed by atoms with E-state index in [0.29, 0.717) is 6.04 Å². The van der Waals surface area contributed by atoms with Crippen LogP contribution in [0.25, 0.3) is 0 Å². The van der Waals surface area contributed by atoms with Crippen LogP contribution in [-0.4, -0.2) is 12.8 Å². The van der Waals surface area contributed by atoms with Gasteiger partial charge in [0.05, 0.1) is 4.88 Å². The molecular formula is C10H13NOS. The topological polar surface area (TPSA) is 29.1 Å². The Balaban J connectivity index is 2.09. The van der Waals surface area contributed by atoms with E-state index in [0.717, 1.165) is 17.7 Å². The molecular weight excluding hydrogens is 182 g/mol.